The Hall–Kier alpha value is -3.15. The Morgan fingerprint density at radius 1 is 1.07 bits per heavy atom. The van der Waals surface area contributed by atoms with Crippen LogP contribution in [0.15, 0.2) is 47.3 Å². The van der Waals surface area contributed by atoms with Crippen molar-refractivity contribution < 1.29 is 14.2 Å². The summed E-state index contributed by atoms with van der Waals surface area (Å²) >= 11 is 0. The highest BCUT2D eigenvalue weighted by Gasteiger charge is 2.21. The highest BCUT2D eigenvalue weighted by atomic mass is 16.6. The predicted molar refractivity (Wildman–Crippen MR) is 108 cm³/mol. The minimum absolute atomic E-state index is 0.0746. The molecule has 0 spiro atoms. The molecule has 28 heavy (non-hydrogen) atoms. The van der Waals surface area contributed by atoms with E-state index in [1.165, 1.54) is 0 Å². The van der Waals surface area contributed by atoms with E-state index >= 15 is 0 Å². The molecule has 3 aromatic rings. The summed E-state index contributed by atoms with van der Waals surface area (Å²) in [5.74, 6) is 2.24. The Labute approximate surface area is 163 Å². The first-order valence-corrected chi connectivity index (χ1v) is 9.43. The second-order valence-electron chi connectivity index (χ2n) is 7.12. The molecule has 0 fully saturated rings. The van der Waals surface area contributed by atoms with Crippen LogP contribution in [0.3, 0.4) is 0 Å². The zero-order chi connectivity index (χ0) is 19.7. The Balaban J connectivity index is 1.80. The second kappa shape index (κ2) is 7.46. The summed E-state index contributed by atoms with van der Waals surface area (Å²) in [6, 6.07) is 13.7. The third-order valence-corrected chi connectivity index (χ3v) is 4.89. The highest BCUT2D eigenvalue weighted by Crippen LogP contribution is 2.36. The molecule has 1 aliphatic rings. The molecule has 0 amide bonds. The molecule has 0 aliphatic carbocycles. The molecule has 0 radical (unpaired) electrons. The third-order valence-electron chi connectivity index (χ3n) is 4.89. The van der Waals surface area contributed by atoms with Gasteiger partial charge in [0.1, 0.15) is 19.0 Å². The van der Waals surface area contributed by atoms with Gasteiger partial charge in [0.15, 0.2) is 11.5 Å². The fourth-order valence-electron chi connectivity index (χ4n) is 3.49. The molecule has 1 aliphatic heterocycles. The molecule has 0 saturated heterocycles. The number of nitrogens with zero attached hydrogens (tertiary/aromatic N) is 1. The van der Waals surface area contributed by atoms with Crippen LogP contribution in [0.25, 0.3) is 11.3 Å². The summed E-state index contributed by atoms with van der Waals surface area (Å²) in [5, 5.41) is 3.00. The van der Waals surface area contributed by atoms with Crippen LogP contribution in [-0.4, -0.2) is 30.1 Å². The minimum Gasteiger partial charge on any atom is -0.497 e. The smallest absolute Gasteiger partial charge is 0.268 e. The molecule has 0 unspecified atom stereocenters. The van der Waals surface area contributed by atoms with Crippen molar-refractivity contribution in [3.8, 4) is 28.5 Å². The van der Waals surface area contributed by atoms with Gasteiger partial charge in [-0.15, -0.1) is 0 Å². The standard InChI is InChI=1S/C22H24N2O4/c1-14(2)24-21(16-6-9-19-20(13-16)28-11-10-27-19)18(22(25)23-24)12-15-4-7-17(26-3)8-5-15/h4-9,13-14H,10-12H2,1-3H3,(H,23,25). The van der Waals surface area contributed by atoms with Gasteiger partial charge < -0.3 is 14.2 Å². The van der Waals surface area contributed by atoms with Crippen molar-refractivity contribution in [2.45, 2.75) is 26.3 Å². The summed E-state index contributed by atoms with van der Waals surface area (Å²) in [6.07, 6.45) is 0.531. The second-order valence-corrected chi connectivity index (χ2v) is 7.12. The summed E-state index contributed by atoms with van der Waals surface area (Å²) < 4.78 is 18.5. The topological polar surface area (TPSA) is 65.5 Å². The molecular formula is C22H24N2O4. The maximum absolute atomic E-state index is 12.8. The average molecular weight is 380 g/mol. The van der Waals surface area contributed by atoms with Crippen LogP contribution in [0.5, 0.6) is 17.2 Å². The van der Waals surface area contributed by atoms with Crippen molar-refractivity contribution in [2.24, 2.45) is 0 Å². The molecular weight excluding hydrogens is 356 g/mol. The summed E-state index contributed by atoms with van der Waals surface area (Å²) in [4.78, 5) is 12.8. The lowest BCUT2D eigenvalue weighted by molar-refractivity contribution is 0.171. The zero-order valence-corrected chi connectivity index (χ0v) is 16.3. The van der Waals surface area contributed by atoms with Gasteiger partial charge in [-0.05, 0) is 49.7 Å². The molecule has 6 nitrogen and oxygen atoms in total. The third kappa shape index (κ3) is 3.38. The largest absolute Gasteiger partial charge is 0.497 e. The molecule has 0 bridgehead atoms. The van der Waals surface area contributed by atoms with E-state index in [0.29, 0.717) is 25.4 Å². The number of hydrogen-bond acceptors (Lipinski definition) is 4. The monoisotopic (exact) mass is 380 g/mol. The Morgan fingerprint density at radius 3 is 2.46 bits per heavy atom. The number of ether oxygens (including phenoxy) is 3. The van der Waals surface area contributed by atoms with Gasteiger partial charge in [0.05, 0.1) is 12.8 Å². The van der Waals surface area contributed by atoms with Gasteiger partial charge in [0, 0.05) is 23.6 Å². The number of rotatable bonds is 5. The SMILES string of the molecule is COc1ccc(Cc2c(-c3ccc4c(c3)OCCO4)n(C(C)C)[nH]c2=O)cc1. The Kier molecular flexibility index (Phi) is 4.86. The van der Waals surface area contributed by atoms with Crippen LogP contribution >= 0.6 is 0 Å². The lowest BCUT2D eigenvalue weighted by Crippen LogP contribution is -2.15. The predicted octanol–water partition coefficient (Wildman–Crippen LogP) is 3.79. The first-order valence-electron chi connectivity index (χ1n) is 9.43. The number of fused-ring (bicyclic) bond motifs is 1. The van der Waals surface area contributed by atoms with Gasteiger partial charge >= 0.3 is 0 Å². The highest BCUT2D eigenvalue weighted by molar-refractivity contribution is 5.68. The number of methoxy groups -OCH3 is 1. The van der Waals surface area contributed by atoms with E-state index in [-0.39, 0.29) is 11.6 Å². The minimum atomic E-state index is -0.0746. The van der Waals surface area contributed by atoms with Crippen molar-refractivity contribution in [3.63, 3.8) is 0 Å². The van der Waals surface area contributed by atoms with Gasteiger partial charge in [-0.1, -0.05) is 12.1 Å². The maximum Gasteiger partial charge on any atom is 0.268 e. The van der Waals surface area contributed by atoms with Crippen LogP contribution in [0.2, 0.25) is 0 Å². The van der Waals surface area contributed by atoms with Crippen LogP contribution < -0.4 is 19.8 Å². The van der Waals surface area contributed by atoms with E-state index in [2.05, 4.69) is 18.9 Å². The first-order chi connectivity index (χ1) is 13.6. The number of aromatic nitrogens is 2. The molecule has 146 valence electrons. The quantitative estimate of drug-likeness (QED) is 0.731. The molecule has 0 atom stereocenters. The number of aromatic amines is 1. The summed E-state index contributed by atoms with van der Waals surface area (Å²) in [5.41, 5.74) is 3.52. The number of nitrogens with one attached hydrogen (secondary N) is 1. The lowest BCUT2D eigenvalue weighted by Gasteiger charge is -2.20. The maximum atomic E-state index is 12.8. The van der Waals surface area contributed by atoms with Gasteiger partial charge in [-0.3, -0.25) is 14.6 Å². The summed E-state index contributed by atoms with van der Waals surface area (Å²) in [7, 11) is 1.64. The molecule has 1 aromatic heterocycles. The van der Waals surface area contributed by atoms with E-state index in [9.17, 15) is 4.79 Å². The van der Waals surface area contributed by atoms with Crippen molar-refractivity contribution in [1.82, 2.24) is 9.78 Å². The molecule has 2 heterocycles. The Bertz CT molecular complexity index is 1030. The molecule has 2 aromatic carbocycles. The van der Waals surface area contributed by atoms with Crippen LogP contribution in [0.4, 0.5) is 0 Å². The van der Waals surface area contributed by atoms with Gasteiger partial charge in [-0.2, -0.15) is 0 Å². The number of benzene rings is 2. The van der Waals surface area contributed by atoms with E-state index < -0.39 is 0 Å². The normalized spacial score (nSPS) is 13.0. The molecule has 0 saturated carbocycles. The van der Waals surface area contributed by atoms with Crippen molar-refractivity contribution in [3.05, 3.63) is 63.9 Å². The van der Waals surface area contributed by atoms with Crippen molar-refractivity contribution in [1.29, 1.82) is 0 Å². The van der Waals surface area contributed by atoms with Gasteiger partial charge in [0.2, 0.25) is 0 Å². The van der Waals surface area contributed by atoms with Crippen LogP contribution in [-0.2, 0) is 6.42 Å². The first kappa shape index (κ1) is 18.2. The number of H-pyrrole nitrogens is 1. The van der Waals surface area contributed by atoms with E-state index in [4.69, 9.17) is 14.2 Å². The van der Waals surface area contributed by atoms with E-state index in [1.807, 2.05) is 47.1 Å². The zero-order valence-electron chi connectivity index (χ0n) is 16.3. The van der Waals surface area contributed by atoms with Crippen LogP contribution in [0.1, 0.15) is 31.0 Å². The number of hydrogen-bond donors (Lipinski definition) is 1. The van der Waals surface area contributed by atoms with E-state index in [1.54, 1.807) is 7.11 Å². The van der Waals surface area contributed by atoms with Gasteiger partial charge in [0.25, 0.3) is 5.56 Å². The molecule has 1 N–H and O–H groups in total. The fraction of sp³-hybridized carbons (Fsp3) is 0.318. The van der Waals surface area contributed by atoms with Crippen molar-refractivity contribution >= 4 is 0 Å². The molecule has 6 heteroatoms. The van der Waals surface area contributed by atoms with Crippen molar-refractivity contribution in [2.75, 3.05) is 20.3 Å². The lowest BCUT2D eigenvalue weighted by atomic mass is 10.0. The van der Waals surface area contributed by atoms with E-state index in [0.717, 1.165) is 33.9 Å². The van der Waals surface area contributed by atoms with Gasteiger partial charge in [-0.25, -0.2) is 0 Å². The Morgan fingerprint density at radius 2 is 1.79 bits per heavy atom. The molecule has 4 rings (SSSR count). The fourth-order valence-corrected chi connectivity index (χ4v) is 3.49. The van der Waals surface area contributed by atoms with Crippen LogP contribution in [0, 0.1) is 0 Å². The average Bonchev–Trinajstić information content (AvgIpc) is 3.04. The summed E-state index contributed by atoms with van der Waals surface area (Å²) in [6.45, 7) is 5.18.